The maximum absolute atomic E-state index is 9.17. The highest BCUT2D eigenvalue weighted by atomic mass is 16.3. The highest BCUT2D eigenvalue weighted by molar-refractivity contribution is 4.77. The fourth-order valence-electron chi connectivity index (χ4n) is 1.91. The first-order chi connectivity index (χ1) is 5.72. The molecule has 0 spiro atoms. The van der Waals surface area contributed by atoms with E-state index >= 15 is 0 Å². The Labute approximate surface area is 74.8 Å². The number of hydrogen-bond donors (Lipinski definition) is 2. The lowest BCUT2D eigenvalue weighted by molar-refractivity contribution is 0.138. The molecule has 1 saturated heterocycles. The Kier molecular flexibility index (Phi) is 3.98. The van der Waals surface area contributed by atoms with Crippen molar-refractivity contribution in [3.63, 3.8) is 0 Å². The predicted octanol–water partition coefficient (Wildman–Crippen LogP) is -0.0915. The van der Waals surface area contributed by atoms with Crippen LogP contribution in [0.25, 0.3) is 0 Å². The van der Waals surface area contributed by atoms with Gasteiger partial charge in [0.1, 0.15) is 0 Å². The molecule has 1 aliphatic rings. The van der Waals surface area contributed by atoms with Gasteiger partial charge in [0.2, 0.25) is 0 Å². The van der Waals surface area contributed by atoms with Crippen molar-refractivity contribution in [2.24, 2.45) is 5.92 Å². The maximum atomic E-state index is 9.17. The van der Waals surface area contributed by atoms with Crippen LogP contribution in [-0.4, -0.2) is 49.3 Å². The Balaban J connectivity index is 2.16. The van der Waals surface area contributed by atoms with Crippen LogP contribution in [0.4, 0.5) is 0 Å². The molecule has 1 fully saturated rings. The molecule has 1 aliphatic heterocycles. The molecule has 0 radical (unpaired) electrons. The van der Waals surface area contributed by atoms with Gasteiger partial charge >= 0.3 is 0 Å². The van der Waals surface area contributed by atoms with Crippen LogP contribution < -0.4 is 5.32 Å². The summed E-state index contributed by atoms with van der Waals surface area (Å²) in [5.74, 6) is 0.786. The Hall–Kier alpha value is -0.120. The van der Waals surface area contributed by atoms with E-state index in [1.807, 2.05) is 14.0 Å². The number of aliphatic hydroxyl groups is 1. The number of likely N-dealkylation sites (tertiary alicyclic amines) is 1. The molecule has 3 heteroatoms. The monoisotopic (exact) mass is 172 g/mol. The fourth-order valence-corrected chi connectivity index (χ4v) is 1.91. The standard InChI is InChI=1S/C9H20N2O/c1-8(12)6-11-4-3-9(7-11)5-10-2/h8-10,12H,3-7H2,1-2H3/t8-,9?/m1/s1. The molecule has 3 nitrogen and oxygen atoms in total. The zero-order chi connectivity index (χ0) is 8.97. The van der Waals surface area contributed by atoms with Crippen LogP contribution in [0.1, 0.15) is 13.3 Å². The van der Waals surface area contributed by atoms with Gasteiger partial charge in [-0.05, 0) is 39.4 Å². The molecule has 0 saturated carbocycles. The number of nitrogens with zero attached hydrogens (tertiary/aromatic N) is 1. The van der Waals surface area contributed by atoms with E-state index in [4.69, 9.17) is 0 Å². The van der Waals surface area contributed by atoms with Crippen LogP contribution in [0.3, 0.4) is 0 Å². The predicted molar refractivity (Wildman–Crippen MR) is 50.2 cm³/mol. The summed E-state index contributed by atoms with van der Waals surface area (Å²) < 4.78 is 0. The summed E-state index contributed by atoms with van der Waals surface area (Å²) in [6.07, 6.45) is 1.09. The van der Waals surface area contributed by atoms with E-state index in [9.17, 15) is 5.11 Å². The Morgan fingerprint density at radius 3 is 3.00 bits per heavy atom. The van der Waals surface area contributed by atoms with E-state index in [2.05, 4.69) is 10.2 Å². The molecule has 1 unspecified atom stereocenters. The first-order valence-corrected chi connectivity index (χ1v) is 4.77. The average molecular weight is 172 g/mol. The molecule has 1 heterocycles. The van der Waals surface area contributed by atoms with Gasteiger partial charge in [0.15, 0.2) is 0 Å². The molecule has 0 aromatic carbocycles. The third kappa shape index (κ3) is 3.09. The minimum Gasteiger partial charge on any atom is -0.392 e. The third-order valence-corrected chi connectivity index (χ3v) is 2.39. The highest BCUT2D eigenvalue weighted by Gasteiger charge is 2.21. The van der Waals surface area contributed by atoms with Gasteiger partial charge in [-0.15, -0.1) is 0 Å². The summed E-state index contributed by atoms with van der Waals surface area (Å²) in [6, 6.07) is 0. The van der Waals surface area contributed by atoms with Crippen molar-refractivity contribution >= 4 is 0 Å². The van der Waals surface area contributed by atoms with Crippen molar-refractivity contribution in [1.82, 2.24) is 10.2 Å². The van der Waals surface area contributed by atoms with Crippen molar-refractivity contribution in [2.45, 2.75) is 19.4 Å². The van der Waals surface area contributed by atoms with Crippen LogP contribution in [-0.2, 0) is 0 Å². The zero-order valence-corrected chi connectivity index (χ0v) is 8.08. The van der Waals surface area contributed by atoms with Crippen molar-refractivity contribution in [1.29, 1.82) is 0 Å². The summed E-state index contributed by atoms with van der Waals surface area (Å²) in [7, 11) is 2.00. The average Bonchev–Trinajstić information content (AvgIpc) is 2.36. The largest absolute Gasteiger partial charge is 0.392 e. The highest BCUT2D eigenvalue weighted by Crippen LogP contribution is 2.14. The third-order valence-electron chi connectivity index (χ3n) is 2.39. The van der Waals surface area contributed by atoms with Gasteiger partial charge in [-0.3, -0.25) is 0 Å². The molecular weight excluding hydrogens is 152 g/mol. The Bertz CT molecular complexity index is 128. The van der Waals surface area contributed by atoms with Gasteiger partial charge in [-0.25, -0.2) is 0 Å². The number of hydrogen-bond acceptors (Lipinski definition) is 3. The minimum absolute atomic E-state index is 0.182. The van der Waals surface area contributed by atoms with E-state index in [0.29, 0.717) is 0 Å². The molecule has 1 rings (SSSR count). The van der Waals surface area contributed by atoms with E-state index in [1.54, 1.807) is 0 Å². The smallest absolute Gasteiger partial charge is 0.0639 e. The quantitative estimate of drug-likeness (QED) is 0.622. The van der Waals surface area contributed by atoms with Crippen molar-refractivity contribution in [2.75, 3.05) is 33.2 Å². The van der Waals surface area contributed by atoms with Crippen LogP contribution in [0.15, 0.2) is 0 Å². The zero-order valence-electron chi connectivity index (χ0n) is 8.08. The maximum Gasteiger partial charge on any atom is 0.0639 e. The van der Waals surface area contributed by atoms with Crippen molar-refractivity contribution < 1.29 is 5.11 Å². The van der Waals surface area contributed by atoms with E-state index in [0.717, 1.165) is 32.1 Å². The number of rotatable bonds is 4. The molecule has 0 aromatic rings. The van der Waals surface area contributed by atoms with Crippen LogP contribution in [0, 0.1) is 5.92 Å². The molecule has 2 atom stereocenters. The summed E-state index contributed by atoms with van der Waals surface area (Å²) >= 11 is 0. The van der Waals surface area contributed by atoms with Gasteiger partial charge in [0.05, 0.1) is 6.10 Å². The summed E-state index contributed by atoms with van der Waals surface area (Å²) in [5, 5.41) is 12.4. The van der Waals surface area contributed by atoms with Crippen LogP contribution >= 0.6 is 0 Å². The van der Waals surface area contributed by atoms with Gasteiger partial charge in [-0.2, -0.15) is 0 Å². The van der Waals surface area contributed by atoms with Gasteiger partial charge in [0, 0.05) is 13.1 Å². The SMILES string of the molecule is CNCC1CCN(C[C@@H](C)O)C1. The Morgan fingerprint density at radius 1 is 1.67 bits per heavy atom. The molecule has 0 bridgehead atoms. The van der Waals surface area contributed by atoms with Crippen LogP contribution in [0.5, 0.6) is 0 Å². The second-order valence-electron chi connectivity index (χ2n) is 3.82. The van der Waals surface area contributed by atoms with Crippen molar-refractivity contribution in [3.05, 3.63) is 0 Å². The normalized spacial score (nSPS) is 27.8. The summed E-state index contributed by atoms with van der Waals surface area (Å²) in [4.78, 5) is 2.34. The van der Waals surface area contributed by atoms with Crippen LogP contribution in [0.2, 0.25) is 0 Å². The molecule has 0 amide bonds. The fraction of sp³-hybridized carbons (Fsp3) is 1.00. The number of nitrogens with one attached hydrogen (secondary N) is 1. The lowest BCUT2D eigenvalue weighted by atomic mass is 10.1. The molecule has 0 aromatic heterocycles. The molecular formula is C9H20N2O. The molecule has 72 valence electrons. The van der Waals surface area contributed by atoms with Gasteiger partial charge < -0.3 is 15.3 Å². The van der Waals surface area contributed by atoms with Crippen molar-refractivity contribution in [3.8, 4) is 0 Å². The lowest BCUT2D eigenvalue weighted by Gasteiger charge is -2.17. The van der Waals surface area contributed by atoms with Gasteiger partial charge in [0.25, 0.3) is 0 Å². The van der Waals surface area contributed by atoms with E-state index in [1.165, 1.54) is 6.42 Å². The first kappa shape index (κ1) is 9.96. The number of aliphatic hydroxyl groups excluding tert-OH is 1. The van der Waals surface area contributed by atoms with E-state index in [-0.39, 0.29) is 6.10 Å². The summed E-state index contributed by atoms with van der Waals surface area (Å²) in [6.45, 7) is 6.09. The number of β-amino-alcohol motifs (C(OH)–C–C–N with tert-alkyl or cyclic N) is 1. The molecule has 12 heavy (non-hydrogen) atoms. The second kappa shape index (κ2) is 4.80. The lowest BCUT2D eigenvalue weighted by Crippen LogP contribution is -2.30. The minimum atomic E-state index is -0.182. The molecule has 2 N–H and O–H groups in total. The Morgan fingerprint density at radius 2 is 2.42 bits per heavy atom. The van der Waals surface area contributed by atoms with E-state index < -0.39 is 0 Å². The second-order valence-corrected chi connectivity index (χ2v) is 3.82. The molecule has 0 aliphatic carbocycles. The summed E-state index contributed by atoms with van der Waals surface area (Å²) in [5.41, 5.74) is 0. The van der Waals surface area contributed by atoms with Gasteiger partial charge in [-0.1, -0.05) is 0 Å². The topological polar surface area (TPSA) is 35.5 Å². The first-order valence-electron chi connectivity index (χ1n) is 4.77.